The summed E-state index contributed by atoms with van der Waals surface area (Å²) in [5.74, 6) is -0.155. The average Bonchev–Trinajstić information content (AvgIpc) is 2.66. The lowest BCUT2D eigenvalue weighted by atomic mass is 9.93. The van der Waals surface area contributed by atoms with Crippen LogP contribution in [-0.2, 0) is 13.6 Å². The van der Waals surface area contributed by atoms with Gasteiger partial charge in [-0.2, -0.15) is 0 Å². The molecule has 1 aromatic carbocycles. The molecule has 1 amide bonds. The molecule has 1 unspecified atom stereocenters. The summed E-state index contributed by atoms with van der Waals surface area (Å²) in [5.41, 5.74) is 3.30. The molecule has 1 aliphatic rings. The van der Waals surface area contributed by atoms with Crippen LogP contribution in [0.15, 0.2) is 41.2 Å². The minimum atomic E-state index is -0.217. The number of aryl methyl sites for hydroxylation is 1. The third-order valence-electron chi connectivity index (χ3n) is 5.41. The van der Waals surface area contributed by atoms with Gasteiger partial charge < -0.3 is 14.4 Å². The number of hydrogen-bond donors (Lipinski definition) is 0. The highest BCUT2D eigenvalue weighted by molar-refractivity contribution is 5.94. The Kier molecular flexibility index (Phi) is 5.80. The number of likely N-dealkylation sites (tertiary alicyclic amines) is 1. The van der Waals surface area contributed by atoms with Crippen LogP contribution >= 0.6 is 0 Å². The molecular weight excluding hydrogens is 338 g/mol. The first kappa shape index (κ1) is 19.4. The first-order chi connectivity index (χ1) is 12.9. The van der Waals surface area contributed by atoms with E-state index in [2.05, 4.69) is 43.3 Å². The lowest BCUT2D eigenvalue weighted by molar-refractivity contribution is 0.0609. The van der Waals surface area contributed by atoms with Crippen molar-refractivity contribution in [2.24, 2.45) is 7.05 Å². The van der Waals surface area contributed by atoms with E-state index in [1.54, 1.807) is 17.7 Å². The molecule has 5 nitrogen and oxygen atoms in total. The SMILES string of the molecule is Cc1ccc(C(=O)N2CCCCC2c2ccc(CN(C)C)cc2)c(=O)n1C. The molecule has 0 aliphatic carbocycles. The molecule has 1 saturated heterocycles. The van der Waals surface area contributed by atoms with E-state index in [1.807, 2.05) is 17.9 Å². The van der Waals surface area contributed by atoms with Crippen LogP contribution in [0.1, 0.15) is 52.5 Å². The van der Waals surface area contributed by atoms with Gasteiger partial charge >= 0.3 is 0 Å². The van der Waals surface area contributed by atoms with Crippen molar-refractivity contribution in [3.63, 3.8) is 0 Å². The van der Waals surface area contributed by atoms with Gasteiger partial charge in [-0.05, 0) is 63.5 Å². The average molecular weight is 367 g/mol. The van der Waals surface area contributed by atoms with Crippen LogP contribution in [0.2, 0.25) is 0 Å². The minimum Gasteiger partial charge on any atom is -0.331 e. The van der Waals surface area contributed by atoms with Gasteiger partial charge in [0.25, 0.3) is 11.5 Å². The standard InChI is InChI=1S/C22H29N3O2/c1-16-8-13-19(21(26)24(16)4)22(27)25-14-6-5-7-20(25)18-11-9-17(10-12-18)15-23(2)3/h8-13,20H,5-7,14-15H2,1-4H3. The maximum Gasteiger partial charge on any atom is 0.263 e. The van der Waals surface area contributed by atoms with Gasteiger partial charge in [0, 0.05) is 25.8 Å². The zero-order chi connectivity index (χ0) is 19.6. The van der Waals surface area contributed by atoms with Crippen LogP contribution in [0.25, 0.3) is 0 Å². The molecule has 0 saturated carbocycles. The Balaban J connectivity index is 1.88. The van der Waals surface area contributed by atoms with Gasteiger partial charge in [-0.15, -0.1) is 0 Å². The number of piperidine rings is 1. The summed E-state index contributed by atoms with van der Waals surface area (Å²) in [6.45, 7) is 3.46. The number of pyridine rings is 1. The van der Waals surface area contributed by atoms with E-state index in [1.165, 1.54) is 5.56 Å². The van der Waals surface area contributed by atoms with Crippen molar-refractivity contribution in [3.05, 3.63) is 69.1 Å². The molecule has 0 bridgehead atoms. The fraction of sp³-hybridized carbons (Fsp3) is 0.455. The molecule has 27 heavy (non-hydrogen) atoms. The Morgan fingerprint density at radius 3 is 2.48 bits per heavy atom. The molecule has 0 spiro atoms. The third kappa shape index (κ3) is 4.14. The molecule has 2 aromatic rings. The van der Waals surface area contributed by atoms with E-state index in [0.717, 1.165) is 37.1 Å². The third-order valence-corrected chi connectivity index (χ3v) is 5.41. The first-order valence-corrected chi connectivity index (χ1v) is 9.59. The van der Waals surface area contributed by atoms with Gasteiger partial charge in [-0.1, -0.05) is 24.3 Å². The summed E-state index contributed by atoms with van der Waals surface area (Å²) >= 11 is 0. The highest BCUT2D eigenvalue weighted by Crippen LogP contribution is 2.32. The lowest BCUT2D eigenvalue weighted by Gasteiger charge is -2.36. The fourth-order valence-electron chi connectivity index (χ4n) is 3.78. The van der Waals surface area contributed by atoms with Crippen molar-refractivity contribution >= 4 is 5.91 Å². The van der Waals surface area contributed by atoms with Crippen LogP contribution in [-0.4, -0.2) is 40.9 Å². The highest BCUT2D eigenvalue weighted by Gasteiger charge is 2.30. The van der Waals surface area contributed by atoms with Gasteiger partial charge in [0.15, 0.2) is 0 Å². The van der Waals surface area contributed by atoms with Gasteiger partial charge in [-0.3, -0.25) is 9.59 Å². The lowest BCUT2D eigenvalue weighted by Crippen LogP contribution is -2.41. The normalized spacial score (nSPS) is 17.4. The van der Waals surface area contributed by atoms with E-state index in [4.69, 9.17) is 0 Å². The van der Waals surface area contributed by atoms with E-state index in [0.29, 0.717) is 6.54 Å². The Bertz CT molecular complexity index is 868. The number of hydrogen-bond acceptors (Lipinski definition) is 3. The summed E-state index contributed by atoms with van der Waals surface area (Å²) in [6, 6.07) is 12.1. The fourth-order valence-corrected chi connectivity index (χ4v) is 3.78. The number of rotatable bonds is 4. The van der Waals surface area contributed by atoms with Crippen molar-refractivity contribution in [1.29, 1.82) is 0 Å². The first-order valence-electron chi connectivity index (χ1n) is 9.59. The summed E-state index contributed by atoms with van der Waals surface area (Å²) < 4.78 is 1.54. The molecule has 1 fully saturated rings. The second-order valence-electron chi connectivity index (χ2n) is 7.74. The van der Waals surface area contributed by atoms with Crippen molar-refractivity contribution in [2.45, 2.75) is 38.8 Å². The molecule has 5 heteroatoms. The van der Waals surface area contributed by atoms with Gasteiger partial charge in [0.1, 0.15) is 5.56 Å². The van der Waals surface area contributed by atoms with Gasteiger partial charge in [0.2, 0.25) is 0 Å². The van der Waals surface area contributed by atoms with E-state index in [-0.39, 0.29) is 23.1 Å². The Labute approximate surface area is 161 Å². The molecule has 0 radical (unpaired) electrons. The van der Waals surface area contributed by atoms with Gasteiger partial charge in [-0.25, -0.2) is 0 Å². The molecule has 0 N–H and O–H groups in total. The van der Waals surface area contributed by atoms with Crippen molar-refractivity contribution in [3.8, 4) is 0 Å². The van der Waals surface area contributed by atoms with Crippen molar-refractivity contribution in [2.75, 3.05) is 20.6 Å². The maximum atomic E-state index is 13.2. The number of carbonyl (C=O) groups excluding carboxylic acids is 1. The molecule has 1 aromatic heterocycles. The molecule has 2 heterocycles. The summed E-state index contributed by atoms with van der Waals surface area (Å²) in [6.07, 6.45) is 3.01. The molecular formula is C22H29N3O2. The van der Waals surface area contributed by atoms with Crippen LogP contribution in [0.5, 0.6) is 0 Å². The second kappa shape index (κ2) is 8.09. The molecule has 144 valence electrons. The van der Waals surface area contributed by atoms with E-state index >= 15 is 0 Å². The maximum absolute atomic E-state index is 13.2. The summed E-state index contributed by atoms with van der Waals surface area (Å²) in [7, 11) is 5.82. The van der Waals surface area contributed by atoms with Crippen LogP contribution in [0.4, 0.5) is 0 Å². The predicted molar refractivity (Wildman–Crippen MR) is 108 cm³/mol. The molecule has 3 rings (SSSR count). The van der Waals surface area contributed by atoms with E-state index in [9.17, 15) is 9.59 Å². The van der Waals surface area contributed by atoms with Crippen LogP contribution in [0.3, 0.4) is 0 Å². The smallest absolute Gasteiger partial charge is 0.263 e. The topological polar surface area (TPSA) is 45.6 Å². The zero-order valence-electron chi connectivity index (χ0n) is 16.7. The van der Waals surface area contributed by atoms with Crippen LogP contribution in [0, 0.1) is 6.92 Å². The number of nitrogens with zero attached hydrogens (tertiary/aromatic N) is 3. The van der Waals surface area contributed by atoms with Crippen molar-refractivity contribution < 1.29 is 4.79 Å². The van der Waals surface area contributed by atoms with E-state index < -0.39 is 0 Å². The Hall–Kier alpha value is -2.40. The number of amides is 1. The largest absolute Gasteiger partial charge is 0.331 e. The number of benzene rings is 1. The Morgan fingerprint density at radius 1 is 1.11 bits per heavy atom. The number of carbonyl (C=O) groups is 1. The summed E-state index contributed by atoms with van der Waals surface area (Å²) in [5, 5.41) is 0. The van der Waals surface area contributed by atoms with Crippen molar-refractivity contribution in [1.82, 2.24) is 14.4 Å². The molecule has 1 aliphatic heterocycles. The zero-order valence-corrected chi connectivity index (χ0v) is 16.7. The van der Waals surface area contributed by atoms with Gasteiger partial charge in [0.05, 0.1) is 6.04 Å². The Morgan fingerprint density at radius 2 is 1.81 bits per heavy atom. The van der Waals surface area contributed by atoms with Crippen LogP contribution < -0.4 is 5.56 Å². The predicted octanol–water partition coefficient (Wildman–Crippen LogP) is 3.12. The quantitative estimate of drug-likeness (QED) is 0.834. The minimum absolute atomic E-state index is 0.0330. The molecule has 1 atom stereocenters. The number of aromatic nitrogens is 1. The second-order valence-corrected chi connectivity index (χ2v) is 7.74. The highest BCUT2D eigenvalue weighted by atomic mass is 16.2. The monoisotopic (exact) mass is 367 g/mol. The summed E-state index contributed by atoms with van der Waals surface area (Å²) in [4.78, 5) is 29.8.